The third-order valence-electron chi connectivity index (χ3n) is 5.53. The SMILES string of the molecule is COc1ccc(CN(c2nc3ccc(C(=O)O)cc3o2)C2CCNCC2)cc1OCCF. The molecule has 0 saturated carbocycles. The van der Waals surface area contributed by atoms with Crippen molar-refractivity contribution >= 4 is 23.1 Å². The highest BCUT2D eigenvalue weighted by Gasteiger charge is 2.26. The van der Waals surface area contributed by atoms with Gasteiger partial charge in [-0.05, 0) is 61.8 Å². The summed E-state index contributed by atoms with van der Waals surface area (Å²) in [6, 6.07) is 10.9. The summed E-state index contributed by atoms with van der Waals surface area (Å²) < 4.78 is 29.5. The summed E-state index contributed by atoms with van der Waals surface area (Å²) in [6.45, 7) is 1.64. The Hall–Kier alpha value is -3.33. The van der Waals surface area contributed by atoms with Crippen LogP contribution in [0.2, 0.25) is 0 Å². The fraction of sp³-hybridized carbons (Fsp3) is 0.391. The molecule has 0 atom stereocenters. The number of carboxylic acid groups (broad SMARTS) is 1. The molecule has 3 aromatic rings. The summed E-state index contributed by atoms with van der Waals surface area (Å²) in [6.07, 6.45) is 1.83. The number of rotatable bonds is 9. The van der Waals surface area contributed by atoms with E-state index in [9.17, 15) is 14.3 Å². The number of aromatic nitrogens is 1. The number of hydrogen-bond acceptors (Lipinski definition) is 7. The number of halogens is 1. The summed E-state index contributed by atoms with van der Waals surface area (Å²) in [4.78, 5) is 18.0. The van der Waals surface area contributed by atoms with E-state index in [1.165, 1.54) is 12.1 Å². The Morgan fingerprint density at radius 2 is 2.06 bits per heavy atom. The number of benzene rings is 2. The zero-order valence-electron chi connectivity index (χ0n) is 17.8. The van der Waals surface area contributed by atoms with Gasteiger partial charge in [0.25, 0.3) is 6.01 Å². The van der Waals surface area contributed by atoms with Crippen LogP contribution in [-0.2, 0) is 6.54 Å². The van der Waals surface area contributed by atoms with E-state index in [0.717, 1.165) is 31.5 Å². The van der Waals surface area contributed by atoms with Crippen LogP contribution in [0.4, 0.5) is 10.4 Å². The highest BCUT2D eigenvalue weighted by molar-refractivity contribution is 5.92. The largest absolute Gasteiger partial charge is 0.493 e. The van der Waals surface area contributed by atoms with Crippen LogP contribution in [0.3, 0.4) is 0 Å². The van der Waals surface area contributed by atoms with Crippen molar-refractivity contribution in [3.63, 3.8) is 0 Å². The zero-order valence-corrected chi connectivity index (χ0v) is 17.8. The Kier molecular flexibility index (Phi) is 6.75. The Balaban J connectivity index is 1.67. The first-order valence-electron chi connectivity index (χ1n) is 10.6. The fourth-order valence-electron chi connectivity index (χ4n) is 3.92. The third-order valence-corrected chi connectivity index (χ3v) is 5.53. The number of piperidine rings is 1. The van der Waals surface area contributed by atoms with Crippen molar-refractivity contribution in [3.8, 4) is 11.5 Å². The quantitative estimate of drug-likeness (QED) is 0.517. The molecule has 8 nitrogen and oxygen atoms in total. The number of ether oxygens (including phenoxy) is 2. The minimum absolute atomic E-state index is 0.0468. The lowest BCUT2D eigenvalue weighted by molar-refractivity contribution is 0.0697. The van der Waals surface area contributed by atoms with Gasteiger partial charge in [-0.3, -0.25) is 0 Å². The molecular formula is C23H26FN3O5. The maximum Gasteiger partial charge on any atom is 0.335 e. The van der Waals surface area contributed by atoms with Crippen molar-refractivity contribution in [2.45, 2.75) is 25.4 Å². The molecule has 0 aliphatic carbocycles. The van der Waals surface area contributed by atoms with Crippen LogP contribution in [0.25, 0.3) is 11.1 Å². The normalized spacial score (nSPS) is 14.4. The summed E-state index contributed by atoms with van der Waals surface area (Å²) >= 11 is 0. The molecule has 1 aliphatic heterocycles. The van der Waals surface area contributed by atoms with Gasteiger partial charge in [0.15, 0.2) is 17.1 Å². The molecule has 2 heterocycles. The highest BCUT2D eigenvalue weighted by atomic mass is 19.1. The van der Waals surface area contributed by atoms with Gasteiger partial charge in [-0.1, -0.05) is 6.07 Å². The standard InChI is InChI=1S/C23H26FN3O5/c1-30-19-5-2-15(12-21(19)31-11-8-24)14-27(17-6-9-25-10-7-17)23-26-18-4-3-16(22(28)29)13-20(18)32-23/h2-5,12-13,17,25H,6-11,14H2,1H3,(H,28,29). The second kappa shape index (κ2) is 9.86. The van der Waals surface area contributed by atoms with Crippen LogP contribution in [0.1, 0.15) is 28.8 Å². The van der Waals surface area contributed by atoms with Crippen molar-refractivity contribution < 1.29 is 28.2 Å². The lowest BCUT2D eigenvalue weighted by atomic mass is 10.0. The lowest BCUT2D eigenvalue weighted by Gasteiger charge is -2.33. The van der Waals surface area contributed by atoms with E-state index in [1.807, 2.05) is 12.1 Å². The number of nitrogens with zero attached hydrogens (tertiary/aromatic N) is 2. The summed E-state index contributed by atoms with van der Waals surface area (Å²) in [5, 5.41) is 12.6. The minimum Gasteiger partial charge on any atom is -0.493 e. The molecule has 0 amide bonds. The van der Waals surface area contributed by atoms with Crippen LogP contribution < -0.4 is 19.7 Å². The molecule has 9 heteroatoms. The topological polar surface area (TPSA) is 97.1 Å². The summed E-state index contributed by atoms with van der Waals surface area (Å²) in [5.41, 5.74) is 2.12. The molecule has 2 N–H and O–H groups in total. The van der Waals surface area contributed by atoms with Crippen LogP contribution in [0.5, 0.6) is 11.5 Å². The number of methoxy groups -OCH3 is 1. The molecule has 0 unspecified atom stereocenters. The average molecular weight is 443 g/mol. The van der Waals surface area contributed by atoms with Gasteiger partial charge in [0, 0.05) is 12.6 Å². The van der Waals surface area contributed by atoms with E-state index < -0.39 is 12.6 Å². The molecule has 0 bridgehead atoms. The van der Waals surface area contributed by atoms with Gasteiger partial charge in [-0.2, -0.15) is 4.98 Å². The third kappa shape index (κ3) is 4.77. The first kappa shape index (κ1) is 21.9. The molecule has 2 aromatic carbocycles. The number of aromatic carboxylic acids is 1. The van der Waals surface area contributed by atoms with Gasteiger partial charge in [0.1, 0.15) is 18.8 Å². The predicted molar refractivity (Wildman–Crippen MR) is 118 cm³/mol. The Labute approximate surface area is 184 Å². The van der Waals surface area contributed by atoms with Crippen LogP contribution in [-0.4, -0.2) is 55.6 Å². The second-order valence-electron chi connectivity index (χ2n) is 7.62. The van der Waals surface area contributed by atoms with E-state index in [1.54, 1.807) is 19.2 Å². The number of oxazole rings is 1. The Morgan fingerprint density at radius 3 is 2.78 bits per heavy atom. The first-order valence-corrected chi connectivity index (χ1v) is 10.6. The number of fused-ring (bicyclic) bond motifs is 1. The van der Waals surface area contributed by atoms with Crippen LogP contribution in [0, 0.1) is 0 Å². The monoisotopic (exact) mass is 443 g/mol. The highest BCUT2D eigenvalue weighted by Crippen LogP contribution is 2.32. The predicted octanol–water partition coefficient (Wildman–Crippen LogP) is 3.64. The first-order chi connectivity index (χ1) is 15.6. The van der Waals surface area contributed by atoms with Gasteiger partial charge in [0.2, 0.25) is 0 Å². The number of nitrogens with one attached hydrogen (secondary N) is 1. The molecule has 0 spiro atoms. The zero-order chi connectivity index (χ0) is 22.5. The Bertz CT molecular complexity index is 1080. The molecule has 32 heavy (non-hydrogen) atoms. The maximum atomic E-state index is 12.6. The number of carbonyl (C=O) groups is 1. The van der Waals surface area contributed by atoms with E-state index in [2.05, 4.69) is 15.2 Å². The summed E-state index contributed by atoms with van der Waals surface area (Å²) in [5.74, 6) is 0.00866. The van der Waals surface area contributed by atoms with Crippen molar-refractivity contribution in [2.24, 2.45) is 0 Å². The Morgan fingerprint density at radius 1 is 1.25 bits per heavy atom. The fourth-order valence-corrected chi connectivity index (χ4v) is 3.92. The van der Waals surface area contributed by atoms with E-state index in [4.69, 9.17) is 13.9 Å². The van der Waals surface area contributed by atoms with Crippen molar-refractivity contribution in [1.29, 1.82) is 0 Å². The van der Waals surface area contributed by atoms with E-state index in [-0.39, 0.29) is 18.2 Å². The number of carboxylic acids is 1. The molecule has 170 valence electrons. The van der Waals surface area contributed by atoms with Gasteiger partial charge in [-0.15, -0.1) is 0 Å². The second-order valence-corrected chi connectivity index (χ2v) is 7.62. The van der Waals surface area contributed by atoms with Gasteiger partial charge in [0.05, 0.1) is 12.7 Å². The van der Waals surface area contributed by atoms with Gasteiger partial charge in [-0.25, -0.2) is 9.18 Å². The molecule has 1 saturated heterocycles. The molecule has 4 rings (SSSR count). The van der Waals surface area contributed by atoms with Crippen LogP contribution in [0.15, 0.2) is 40.8 Å². The van der Waals surface area contributed by atoms with Gasteiger partial charge >= 0.3 is 5.97 Å². The average Bonchev–Trinajstić information content (AvgIpc) is 3.24. The molecule has 1 fully saturated rings. The van der Waals surface area contributed by atoms with E-state index in [0.29, 0.717) is 35.2 Å². The van der Waals surface area contributed by atoms with Gasteiger partial charge < -0.3 is 29.2 Å². The van der Waals surface area contributed by atoms with Crippen LogP contribution >= 0.6 is 0 Å². The molecule has 1 aliphatic rings. The minimum atomic E-state index is -1.01. The number of alkyl halides is 1. The maximum absolute atomic E-state index is 12.6. The van der Waals surface area contributed by atoms with Crippen molar-refractivity contribution in [2.75, 3.05) is 38.4 Å². The summed E-state index contributed by atoms with van der Waals surface area (Å²) in [7, 11) is 1.54. The van der Waals surface area contributed by atoms with E-state index >= 15 is 0 Å². The smallest absolute Gasteiger partial charge is 0.335 e. The molecule has 1 aromatic heterocycles. The number of hydrogen-bond donors (Lipinski definition) is 2. The number of anilines is 1. The van der Waals surface area contributed by atoms with Crippen molar-refractivity contribution in [3.05, 3.63) is 47.5 Å². The molecular weight excluding hydrogens is 417 g/mol. The van der Waals surface area contributed by atoms with Crippen molar-refractivity contribution in [1.82, 2.24) is 10.3 Å². The lowest BCUT2D eigenvalue weighted by Crippen LogP contribution is -2.43. The molecule has 0 radical (unpaired) electrons.